The van der Waals surface area contributed by atoms with Crippen LogP contribution in [0.4, 0.5) is 0 Å². The highest BCUT2D eigenvalue weighted by molar-refractivity contribution is 6.81. The van der Waals surface area contributed by atoms with E-state index in [9.17, 15) is 4.79 Å². The summed E-state index contributed by atoms with van der Waals surface area (Å²) in [4.78, 5) is 12.3. The predicted molar refractivity (Wildman–Crippen MR) is 75.7 cm³/mol. The van der Waals surface area contributed by atoms with Crippen LogP contribution < -0.4 is 0 Å². The monoisotopic (exact) mass is 250 g/mol. The maximum absolute atomic E-state index is 12.3. The Morgan fingerprint density at radius 3 is 2.53 bits per heavy atom. The van der Waals surface area contributed by atoms with Crippen molar-refractivity contribution in [2.45, 2.75) is 59.2 Å². The van der Waals surface area contributed by atoms with E-state index in [1.165, 1.54) is 18.4 Å². The van der Waals surface area contributed by atoms with Crippen LogP contribution in [0.15, 0.2) is 11.3 Å². The van der Waals surface area contributed by atoms with Gasteiger partial charge in [-0.15, -0.1) is 0 Å². The van der Waals surface area contributed by atoms with Gasteiger partial charge in [0.05, 0.1) is 8.07 Å². The first kappa shape index (κ1) is 13.1. The van der Waals surface area contributed by atoms with Crippen LogP contribution in [-0.2, 0) is 4.79 Å². The van der Waals surface area contributed by atoms with Gasteiger partial charge in [-0.2, -0.15) is 0 Å². The van der Waals surface area contributed by atoms with Crippen LogP contribution >= 0.6 is 0 Å². The molecule has 0 aromatic heterocycles. The number of fused-ring (bicyclic) bond motifs is 1. The number of allylic oxidation sites excluding steroid dienone is 1. The number of Topliss-reactive ketones (excluding diaryl/α,β-unsaturated/α-hetero) is 1. The molecule has 3 atom stereocenters. The molecule has 2 fully saturated rings. The molecule has 0 spiro atoms. The smallest absolute Gasteiger partial charge is 0.140 e. The Labute approximate surface area is 107 Å². The van der Waals surface area contributed by atoms with Crippen LogP contribution in [0.5, 0.6) is 0 Å². The zero-order valence-corrected chi connectivity index (χ0v) is 13.0. The minimum Gasteiger partial charge on any atom is -0.299 e. The lowest BCUT2D eigenvalue weighted by Gasteiger charge is -2.41. The van der Waals surface area contributed by atoms with Crippen LogP contribution in [-0.4, -0.2) is 13.9 Å². The molecule has 2 heteroatoms. The first-order chi connectivity index (χ1) is 7.74. The van der Waals surface area contributed by atoms with Gasteiger partial charge in [-0.25, -0.2) is 0 Å². The Balaban J connectivity index is 2.36. The molecule has 0 aromatic carbocycles. The van der Waals surface area contributed by atoms with Gasteiger partial charge in [-0.3, -0.25) is 4.79 Å². The van der Waals surface area contributed by atoms with E-state index in [1.807, 2.05) is 0 Å². The Hall–Kier alpha value is -0.373. The van der Waals surface area contributed by atoms with Gasteiger partial charge in [-0.1, -0.05) is 44.8 Å². The molecule has 96 valence electrons. The minimum atomic E-state index is -1.20. The van der Waals surface area contributed by atoms with E-state index in [0.29, 0.717) is 11.7 Å². The van der Waals surface area contributed by atoms with E-state index in [0.717, 1.165) is 12.8 Å². The number of ketones is 1. The molecule has 0 radical (unpaired) electrons. The standard InChI is InChI=1S/C15H26OSi/c1-11-6-7-13(16)14-12(10-17(3,4)5)8-9-15(11,14)2/h10-11,14H,6-9H2,1-5H3/b12-10+/t11-,14?,15+/m0/s1. The quantitative estimate of drug-likeness (QED) is 0.637. The molecule has 0 bridgehead atoms. The molecule has 0 heterocycles. The van der Waals surface area contributed by atoms with Crippen molar-refractivity contribution >= 4 is 13.9 Å². The Morgan fingerprint density at radius 1 is 1.29 bits per heavy atom. The maximum Gasteiger partial charge on any atom is 0.140 e. The summed E-state index contributed by atoms with van der Waals surface area (Å²) in [5.74, 6) is 1.49. The fraction of sp³-hybridized carbons (Fsp3) is 0.800. The van der Waals surface area contributed by atoms with Crippen molar-refractivity contribution in [3.05, 3.63) is 11.3 Å². The number of rotatable bonds is 1. The molecular weight excluding hydrogens is 224 g/mol. The maximum atomic E-state index is 12.3. The molecule has 1 unspecified atom stereocenters. The molecule has 2 aliphatic rings. The topological polar surface area (TPSA) is 17.1 Å². The highest BCUT2D eigenvalue weighted by Crippen LogP contribution is 2.56. The molecule has 2 aliphatic carbocycles. The molecule has 2 rings (SSSR count). The van der Waals surface area contributed by atoms with Crippen LogP contribution in [0.25, 0.3) is 0 Å². The summed E-state index contributed by atoms with van der Waals surface area (Å²) in [5.41, 5.74) is 4.25. The molecule has 0 N–H and O–H groups in total. The zero-order valence-electron chi connectivity index (χ0n) is 12.0. The summed E-state index contributed by atoms with van der Waals surface area (Å²) in [6.45, 7) is 11.8. The molecule has 1 nitrogen and oxygen atoms in total. The summed E-state index contributed by atoms with van der Waals surface area (Å²) in [6, 6.07) is 0. The Bertz CT molecular complexity index is 364. The lowest BCUT2D eigenvalue weighted by atomic mass is 9.62. The van der Waals surface area contributed by atoms with E-state index >= 15 is 0 Å². The third-order valence-electron chi connectivity index (χ3n) is 4.87. The molecule has 0 aromatic rings. The summed E-state index contributed by atoms with van der Waals surface area (Å²) in [7, 11) is -1.20. The normalized spacial score (nSPS) is 40.8. The lowest BCUT2D eigenvalue weighted by molar-refractivity contribution is -0.129. The fourth-order valence-corrected chi connectivity index (χ4v) is 5.20. The SMILES string of the molecule is C[C@H]1CCC(=O)C2/C(=C/[Si](C)(C)C)CC[C@@]21C. The average molecular weight is 250 g/mol. The van der Waals surface area contributed by atoms with Crippen molar-refractivity contribution in [3.63, 3.8) is 0 Å². The second kappa shape index (κ2) is 4.08. The van der Waals surface area contributed by atoms with Crippen molar-refractivity contribution in [1.82, 2.24) is 0 Å². The van der Waals surface area contributed by atoms with E-state index in [-0.39, 0.29) is 11.3 Å². The molecule has 0 aliphatic heterocycles. The fourth-order valence-electron chi connectivity index (χ4n) is 3.78. The lowest BCUT2D eigenvalue weighted by Crippen LogP contribution is -2.40. The molecule has 0 amide bonds. The Morgan fingerprint density at radius 2 is 1.94 bits per heavy atom. The van der Waals surface area contributed by atoms with Gasteiger partial charge < -0.3 is 0 Å². The summed E-state index contributed by atoms with van der Waals surface area (Å²) >= 11 is 0. The zero-order chi connectivity index (χ0) is 12.8. The van der Waals surface area contributed by atoms with Gasteiger partial charge in [0.2, 0.25) is 0 Å². The van der Waals surface area contributed by atoms with Crippen molar-refractivity contribution in [2.24, 2.45) is 17.3 Å². The van der Waals surface area contributed by atoms with Gasteiger partial charge in [0, 0.05) is 12.3 Å². The van der Waals surface area contributed by atoms with Gasteiger partial charge in [0.15, 0.2) is 0 Å². The third kappa shape index (κ3) is 2.29. The van der Waals surface area contributed by atoms with Crippen molar-refractivity contribution in [1.29, 1.82) is 0 Å². The van der Waals surface area contributed by atoms with E-state index in [2.05, 4.69) is 39.2 Å². The van der Waals surface area contributed by atoms with Crippen LogP contribution in [0.2, 0.25) is 19.6 Å². The minimum absolute atomic E-state index is 0.262. The largest absolute Gasteiger partial charge is 0.299 e. The van der Waals surface area contributed by atoms with Gasteiger partial charge >= 0.3 is 0 Å². The summed E-state index contributed by atoms with van der Waals surface area (Å²) in [6.07, 6.45) is 4.30. The van der Waals surface area contributed by atoms with Crippen molar-refractivity contribution < 1.29 is 4.79 Å². The predicted octanol–water partition coefficient (Wildman–Crippen LogP) is 4.21. The second-order valence-corrected chi connectivity index (χ2v) is 12.5. The highest BCUT2D eigenvalue weighted by atomic mass is 28.3. The summed E-state index contributed by atoms with van der Waals surface area (Å²) < 4.78 is 0. The number of carbonyl (C=O) groups is 1. The van der Waals surface area contributed by atoms with Crippen molar-refractivity contribution in [2.75, 3.05) is 0 Å². The van der Waals surface area contributed by atoms with E-state index < -0.39 is 8.07 Å². The van der Waals surface area contributed by atoms with Gasteiger partial charge in [0.1, 0.15) is 5.78 Å². The van der Waals surface area contributed by atoms with E-state index in [1.54, 1.807) is 0 Å². The number of carbonyl (C=O) groups excluding carboxylic acids is 1. The molecule has 2 saturated carbocycles. The second-order valence-electron chi connectivity index (χ2n) is 7.43. The number of hydrogen-bond donors (Lipinski definition) is 0. The summed E-state index contributed by atoms with van der Waals surface area (Å²) in [5, 5.41) is 0. The van der Waals surface area contributed by atoms with Gasteiger partial charge in [-0.05, 0) is 30.6 Å². The van der Waals surface area contributed by atoms with E-state index in [4.69, 9.17) is 0 Å². The first-order valence-corrected chi connectivity index (χ1v) is 10.6. The number of hydrogen-bond acceptors (Lipinski definition) is 1. The van der Waals surface area contributed by atoms with Crippen molar-refractivity contribution in [3.8, 4) is 0 Å². The highest BCUT2D eigenvalue weighted by Gasteiger charge is 2.51. The van der Waals surface area contributed by atoms with Crippen LogP contribution in [0.3, 0.4) is 0 Å². The van der Waals surface area contributed by atoms with Crippen LogP contribution in [0, 0.1) is 17.3 Å². The molecule has 17 heavy (non-hydrogen) atoms. The van der Waals surface area contributed by atoms with Crippen LogP contribution in [0.1, 0.15) is 39.5 Å². The average Bonchev–Trinajstić information content (AvgIpc) is 2.50. The molecular formula is C15H26OSi. The first-order valence-electron chi connectivity index (χ1n) is 6.98. The Kier molecular flexibility index (Phi) is 3.14. The van der Waals surface area contributed by atoms with Gasteiger partial charge in [0.25, 0.3) is 0 Å². The molecule has 0 saturated heterocycles. The third-order valence-corrected chi connectivity index (χ3v) is 6.11.